The minimum Gasteiger partial charge on any atom is -0.279 e. The molecule has 4 atom stereocenters. The van der Waals surface area contributed by atoms with Gasteiger partial charge < -0.3 is 0 Å². The van der Waals surface area contributed by atoms with Gasteiger partial charge in [0.15, 0.2) is 0 Å². The SMILES string of the molecule is O=C1[C@@H]2[C@H](C(=O)N1C1CCCCCCCCCCC1)[C@@H]1C=C[C@H]2C1. The molecule has 0 spiro atoms. The Morgan fingerprint density at radius 3 is 1.54 bits per heavy atom. The first-order valence-electron chi connectivity index (χ1n) is 10.3. The van der Waals surface area contributed by atoms with Crippen molar-refractivity contribution in [1.29, 1.82) is 0 Å². The number of rotatable bonds is 1. The Hall–Kier alpha value is -1.12. The fraction of sp³-hybridized carbons (Fsp3) is 0.810. The minimum atomic E-state index is -0.0196. The van der Waals surface area contributed by atoms with E-state index in [2.05, 4.69) is 12.2 Å². The summed E-state index contributed by atoms with van der Waals surface area (Å²) in [5.41, 5.74) is 0. The molecule has 4 rings (SSSR count). The number of imide groups is 1. The van der Waals surface area contributed by atoms with Gasteiger partial charge in [-0.1, -0.05) is 69.9 Å². The van der Waals surface area contributed by atoms with Gasteiger partial charge in [0.25, 0.3) is 0 Å². The van der Waals surface area contributed by atoms with Gasteiger partial charge in [0.1, 0.15) is 0 Å². The average Bonchev–Trinajstić information content (AvgIpc) is 3.23. The molecule has 0 radical (unpaired) electrons. The van der Waals surface area contributed by atoms with Gasteiger partial charge in [-0.3, -0.25) is 14.5 Å². The summed E-state index contributed by atoms with van der Waals surface area (Å²) >= 11 is 0. The van der Waals surface area contributed by atoms with E-state index in [1.165, 1.54) is 57.8 Å². The van der Waals surface area contributed by atoms with E-state index in [-0.39, 0.29) is 29.7 Å². The summed E-state index contributed by atoms with van der Waals surface area (Å²) in [4.78, 5) is 27.8. The molecule has 0 aromatic carbocycles. The molecule has 0 unspecified atom stereocenters. The van der Waals surface area contributed by atoms with Crippen LogP contribution in [0.15, 0.2) is 12.2 Å². The Bertz CT molecular complexity index is 484. The summed E-state index contributed by atoms with van der Waals surface area (Å²) in [6.45, 7) is 0. The number of fused-ring (bicyclic) bond motifs is 5. The third-order valence-corrected chi connectivity index (χ3v) is 6.94. The maximum Gasteiger partial charge on any atom is 0.233 e. The number of allylic oxidation sites excluding steroid dienone is 2. The molecule has 132 valence electrons. The lowest BCUT2D eigenvalue weighted by atomic mass is 9.85. The van der Waals surface area contributed by atoms with Gasteiger partial charge in [-0.2, -0.15) is 0 Å². The van der Waals surface area contributed by atoms with Crippen LogP contribution in [0.2, 0.25) is 0 Å². The largest absolute Gasteiger partial charge is 0.279 e. The smallest absolute Gasteiger partial charge is 0.233 e. The van der Waals surface area contributed by atoms with Crippen LogP contribution in [0.3, 0.4) is 0 Å². The minimum absolute atomic E-state index is 0.0196. The zero-order valence-electron chi connectivity index (χ0n) is 14.8. The molecule has 1 saturated heterocycles. The van der Waals surface area contributed by atoms with E-state index in [1.54, 1.807) is 4.90 Å². The maximum atomic E-state index is 13.0. The van der Waals surface area contributed by atoms with E-state index in [0.717, 1.165) is 19.3 Å². The predicted octanol–water partition coefficient (Wildman–Crippen LogP) is 4.47. The molecule has 3 aliphatic carbocycles. The molecule has 2 saturated carbocycles. The van der Waals surface area contributed by atoms with Crippen molar-refractivity contribution < 1.29 is 9.59 Å². The van der Waals surface area contributed by atoms with Gasteiger partial charge in [0.2, 0.25) is 11.8 Å². The van der Waals surface area contributed by atoms with Crippen molar-refractivity contribution in [2.75, 3.05) is 0 Å². The van der Waals surface area contributed by atoms with Crippen LogP contribution >= 0.6 is 0 Å². The van der Waals surface area contributed by atoms with Gasteiger partial charge in [-0.25, -0.2) is 0 Å². The molecule has 0 N–H and O–H groups in total. The number of hydrogen-bond donors (Lipinski definition) is 0. The summed E-state index contributed by atoms with van der Waals surface area (Å²) in [5, 5.41) is 0. The normalized spacial score (nSPS) is 38.2. The summed E-state index contributed by atoms with van der Waals surface area (Å²) in [6.07, 6.45) is 19.0. The van der Waals surface area contributed by atoms with Crippen LogP contribution in [-0.2, 0) is 9.59 Å². The number of amides is 2. The van der Waals surface area contributed by atoms with Crippen molar-refractivity contribution in [2.45, 2.75) is 83.1 Å². The van der Waals surface area contributed by atoms with Crippen LogP contribution in [0.25, 0.3) is 0 Å². The highest BCUT2D eigenvalue weighted by molar-refractivity contribution is 6.06. The maximum absolute atomic E-state index is 13.0. The second-order valence-corrected chi connectivity index (χ2v) is 8.46. The van der Waals surface area contributed by atoms with Crippen LogP contribution < -0.4 is 0 Å². The number of nitrogens with zero attached hydrogens (tertiary/aromatic N) is 1. The first-order chi connectivity index (χ1) is 11.8. The Kier molecular flexibility index (Phi) is 4.78. The van der Waals surface area contributed by atoms with Gasteiger partial charge >= 0.3 is 0 Å². The Morgan fingerprint density at radius 1 is 0.667 bits per heavy atom. The van der Waals surface area contributed by atoms with E-state index in [9.17, 15) is 9.59 Å². The number of hydrogen-bond acceptors (Lipinski definition) is 2. The number of carbonyl (C=O) groups excluding carboxylic acids is 2. The van der Waals surface area contributed by atoms with E-state index in [0.29, 0.717) is 11.8 Å². The summed E-state index contributed by atoms with van der Waals surface area (Å²) in [6, 6.07) is 0.175. The molecular formula is C21H31NO2. The molecule has 4 aliphatic rings. The average molecular weight is 329 g/mol. The highest BCUT2D eigenvalue weighted by atomic mass is 16.2. The Morgan fingerprint density at radius 2 is 1.08 bits per heavy atom. The molecule has 3 fully saturated rings. The summed E-state index contributed by atoms with van der Waals surface area (Å²) in [5.74, 6) is 0.973. The van der Waals surface area contributed by atoms with E-state index in [4.69, 9.17) is 0 Å². The molecular weight excluding hydrogens is 298 g/mol. The third-order valence-electron chi connectivity index (χ3n) is 6.94. The lowest BCUT2D eigenvalue weighted by molar-refractivity contribution is -0.143. The Labute approximate surface area is 145 Å². The molecule has 2 bridgehead atoms. The fourth-order valence-corrected chi connectivity index (χ4v) is 5.69. The van der Waals surface area contributed by atoms with Crippen molar-refractivity contribution >= 4 is 11.8 Å². The molecule has 0 aromatic heterocycles. The third kappa shape index (κ3) is 2.84. The zero-order valence-corrected chi connectivity index (χ0v) is 14.8. The molecule has 24 heavy (non-hydrogen) atoms. The molecule has 1 heterocycles. The lowest BCUT2D eigenvalue weighted by Crippen LogP contribution is -2.42. The number of carbonyl (C=O) groups is 2. The van der Waals surface area contributed by atoms with Crippen LogP contribution in [0.1, 0.15) is 77.0 Å². The standard InChI is InChI=1S/C21H31NO2/c23-20-18-15-12-13-16(14-15)19(18)21(24)22(20)17-10-8-6-4-2-1-3-5-7-9-11-17/h12-13,15-19H,1-11,14H2/t15-,16+,18-,19+. The van der Waals surface area contributed by atoms with E-state index < -0.39 is 0 Å². The molecule has 3 nitrogen and oxygen atoms in total. The van der Waals surface area contributed by atoms with Gasteiger partial charge in [0, 0.05) is 6.04 Å². The highest BCUT2D eigenvalue weighted by Gasteiger charge is 2.60. The molecule has 3 heteroatoms. The van der Waals surface area contributed by atoms with Crippen LogP contribution in [0.4, 0.5) is 0 Å². The highest BCUT2D eigenvalue weighted by Crippen LogP contribution is 2.53. The van der Waals surface area contributed by atoms with Crippen molar-refractivity contribution in [2.24, 2.45) is 23.7 Å². The topological polar surface area (TPSA) is 37.4 Å². The van der Waals surface area contributed by atoms with Crippen LogP contribution in [0.5, 0.6) is 0 Å². The Balaban J connectivity index is 1.46. The van der Waals surface area contributed by atoms with Gasteiger partial charge in [-0.15, -0.1) is 0 Å². The fourth-order valence-electron chi connectivity index (χ4n) is 5.69. The van der Waals surface area contributed by atoms with Crippen molar-refractivity contribution in [3.05, 3.63) is 12.2 Å². The molecule has 0 aromatic rings. The van der Waals surface area contributed by atoms with E-state index in [1.807, 2.05) is 0 Å². The first-order valence-corrected chi connectivity index (χ1v) is 10.3. The van der Waals surface area contributed by atoms with Crippen LogP contribution in [-0.4, -0.2) is 22.8 Å². The first kappa shape index (κ1) is 16.4. The molecule has 2 amide bonds. The summed E-state index contributed by atoms with van der Waals surface area (Å²) in [7, 11) is 0. The molecule has 1 aliphatic heterocycles. The van der Waals surface area contributed by atoms with Crippen molar-refractivity contribution in [1.82, 2.24) is 4.90 Å². The quantitative estimate of drug-likeness (QED) is 0.526. The van der Waals surface area contributed by atoms with E-state index >= 15 is 0 Å². The van der Waals surface area contributed by atoms with Crippen molar-refractivity contribution in [3.8, 4) is 0 Å². The second kappa shape index (κ2) is 7.01. The monoisotopic (exact) mass is 329 g/mol. The zero-order chi connectivity index (χ0) is 16.5. The lowest BCUT2D eigenvalue weighted by Gasteiger charge is -2.28. The van der Waals surface area contributed by atoms with Gasteiger partial charge in [-0.05, 0) is 31.1 Å². The van der Waals surface area contributed by atoms with Crippen molar-refractivity contribution in [3.63, 3.8) is 0 Å². The van der Waals surface area contributed by atoms with Gasteiger partial charge in [0.05, 0.1) is 11.8 Å². The summed E-state index contributed by atoms with van der Waals surface area (Å²) < 4.78 is 0. The predicted molar refractivity (Wildman–Crippen MR) is 94.1 cm³/mol. The second-order valence-electron chi connectivity index (χ2n) is 8.46. The number of likely N-dealkylation sites (tertiary alicyclic amines) is 1. The van der Waals surface area contributed by atoms with Crippen LogP contribution in [0, 0.1) is 23.7 Å².